The van der Waals surface area contributed by atoms with Crippen molar-refractivity contribution >= 4 is 27.3 Å². The van der Waals surface area contributed by atoms with E-state index in [2.05, 4.69) is 15.5 Å². The number of rotatable bonds is 7. The van der Waals surface area contributed by atoms with Crippen molar-refractivity contribution in [3.05, 3.63) is 41.0 Å². The van der Waals surface area contributed by atoms with E-state index >= 15 is 0 Å². The first-order valence-electron chi connectivity index (χ1n) is 8.16. The lowest BCUT2D eigenvalue weighted by atomic mass is 9.97. The van der Waals surface area contributed by atoms with Crippen molar-refractivity contribution in [3.63, 3.8) is 0 Å². The van der Waals surface area contributed by atoms with Crippen molar-refractivity contribution in [1.82, 2.24) is 15.5 Å². The number of carbonyl (C=O) groups is 1. The largest absolute Gasteiger partial charge is 0.356 e. The molecule has 0 aliphatic carbocycles. The van der Waals surface area contributed by atoms with E-state index in [0.29, 0.717) is 24.7 Å². The molecule has 1 amide bonds. The predicted octanol–water partition coefficient (Wildman–Crippen LogP) is 2.54. The number of nitrogens with one attached hydrogen (secondary N) is 1. The van der Waals surface area contributed by atoms with E-state index < -0.39 is 9.84 Å². The second kappa shape index (κ2) is 8.18. The van der Waals surface area contributed by atoms with Gasteiger partial charge in [0.15, 0.2) is 15.7 Å². The number of aromatic nitrogens is 2. The van der Waals surface area contributed by atoms with Crippen LogP contribution in [0.3, 0.4) is 0 Å². The summed E-state index contributed by atoms with van der Waals surface area (Å²) in [5, 5.41) is 6.68. The minimum Gasteiger partial charge on any atom is -0.356 e. The van der Waals surface area contributed by atoms with E-state index in [9.17, 15) is 13.2 Å². The van der Waals surface area contributed by atoms with E-state index in [1.54, 1.807) is 12.1 Å². The van der Waals surface area contributed by atoms with Crippen molar-refractivity contribution in [2.45, 2.75) is 43.9 Å². The lowest BCUT2D eigenvalue weighted by Crippen LogP contribution is -2.27. The Hall–Kier alpha value is -1.93. The van der Waals surface area contributed by atoms with Crippen LogP contribution in [0.25, 0.3) is 0 Å². The Morgan fingerprint density at radius 2 is 1.96 bits per heavy atom. The average Bonchev–Trinajstić information content (AvgIpc) is 3.02. The van der Waals surface area contributed by atoms with E-state index in [0.717, 1.165) is 0 Å². The molecule has 0 saturated carbocycles. The van der Waals surface area contributed by atoms with Crippen molar-refractivity contribution in [1.29, 1.82) is 0 Å². The van der Waals surface area contributed by atoms with Gasteiger partial charge in [0.2, 0.25) is 11.8 Å². The van der Waals surface area contributed by atoms with Gasteiger partial charge in [-0.1, -0.05) is 49.7 Å². The van der Waals surface area contributed by atoms with E-state index in [1.165, 1.54) is 12.1 Å². The van der Waals surface area contributed by atoms with Crippen LogP contribution in [-0.4, -0.2) is 36.8 Å². The Labute approximate surface area is 158 Å². The van der Waals surface area contributed by atoms with Crippen molar-refractivity contribution in [3.8, 4) is 0 Å². The third kappa shape index (κ3) is 5.54. The second-order valence-electron chi connectivity index (χ2n) is 6.87. The van der Waals surface area contributed by atoms with Crippen LogP contribution < -0.4 is 5.32 Å². The number of nitrogens with zero attached hydrogens (tertiary/aromatic N) is 2. The van der Waals surface area contributed by atoms with Gasteiger partial charge in [-0.05, 0) is 12.1 Å². The van der Waals surface area contributed by atoms with E-state index in [-0.39, 0.29) is 33.4 Å². The average molecular weight is 400 g/mol. The topological polar surface area (TPSA) is 102 Å². The highest BCUT2D eigenvalue weighted by molar-refractivity contribution is 7.91. The number of sulfone groups is 1. The predicted molar refractivity (Wildman–Crippen MR) is 97.8 cm³/mol. The smallest absolute Gasteiger partial charge is 0.232 e. The van der Waals surface area contributed by atoms with Gasteiger partial charge in [-0.15, -0.1) is 0 Å². The fourth-order valence-corrected chi connectivity index (χ4v) is 3.91. The van der Waals surface area contributed by atoms with Crippen LogP contribution >= 0.6 is 11.6 Å². The summed E-state index contributed by atoms with van der Waals surface area (Å²) >= 11 is 5.91. The van der Waals surface area contributed by atoms with Crippen LogP contribution in [0.5, 0.6) is 0 Å². The molecule has 0 bridgehead atoms. The van der Waals surface area contributed by atoms with Crippen molar-refractivity contribution < 1.29 is 17.7 Å². The normalized spacial score (nSPS) is 12.2. The Bertz CT molecular complexity index is 872. The van der Waals surface area contributed by atoms with Gasteiger partial charge in [0, 0.05) is 24.8 Å². The third-order valence-corrected chi connectivity index (χ3v) is 5.76. The molecule has 1 aromatic carbocycles. The first kappa shape index (κ1) is 20.4. The SMILES string of the molecule is CC(C)(C)c1nc(CCNC(=O)CCS(=O)(=O)c2ccccc2Cl)no1. The minimum absolute atomic E-state index is 0.0379. The first-order valence-corrected chi connectivity index (χ1v) is 10.2. The van der Waals surface area contributed by atoms with Crippen LogP contribution in [0.4, 0.5) is 0 Å². The van der Waals surface area contributed by atoms with Crippen LogP contribution in [0.15, 0.2) is 33.7 Å². The molecule has 1 N–H and O–H groups in total. The molecule has 9 heteroatoms. The molecule has 0 aliphatic heterocycles. The Morgan fingerprint density at radius 1 is 1.27 bits per heavy atom. The van der Waals surface area contributed by atoms with Gasteiger partial charge < -0.3 is 9.84 Å². The summed E-state index contributed by atoms with van der Waals surface area (Å²) in [6, 6.07) is 6.18. The molecule has 0 fully saturated rings. The molecule has 0 atom stereocenters. The summed E-state index contributed by atoms with van der Waals surface area (Å²) in [6.45, 7) is 6.19. The van der Waals surface area contributed by atoms with Crippen molar-refractivity contribution in [2.75, 3.05) is 12.3 Å². The Morgan fingerprint density at radius 3 is 2.58 bits per heavy atom. The lowest BCUT2D eigenvalue weighted by molar-refractivity contribution is -0.120. The molecular formula is C17H22ClN3O4S. The van der Waals surface area contributed by atoms with Crippen LogP contribution in [0.2, 0.25) is 5.02 Å². The molecular weight excluding hydrogens is 378 g/mol. The third-order valence-electron chi connectivity index (χ3n) is 3.55. The summed E-state index contributed by atoms with van der Waals surface area (Å²) in [4.78, 5) is 16.2. The minimum atomic E-state index is -3.61. The van der Waals surface area contributed by atoms with Gasteiger partial charge in [0.05, 0.1) is 15.7 Å². The first-order chi connectivity index (χ1) is 12.1. The molecule has 26 heavy (non-hydrogen) atoms. The van der Waals surface area contributed by atoms with Crippen molar-refractivity contribution in [2.24, 2.45) is 0 Å². The molecule has 0 aliphatic rings. The molecule has 2 aromatic rings. The number of hydrogen-bond donors (Lipinski definition) is 1. The summed E-state index contributed by atoms with van der Waals surface area (Å²) in [5.74, 6) is 0.364. The van der Waals surface area contributed by atoms with Gasteiger partial charge in [-0.2, -0.15) is 4.98 Å². The monoisotopic (exact) mass is 399 g/mol. The summed E-state index contributed by atoms with van der Waals surface area (Å²) in [7, 11) is -3.61. The highest BCUT2D eigenvalue weighted by atomic mass is 35.5. The summed E-state index contributed by atoms with van der Waals surface area (Å²) in [6.07, 6.45) is 0.260. The van der Waals surface area contributed by atoms with Gasteiger partial charge in [-0.25, -0.2) is 8.42 Å². The molecule has 2 rings (SSSR count). The molecule has 142 valence electrons. The summed E-state index contributed by atoms with van der Waals surface area (Å²) < 4.78 is 29.7. The summed E-state index contributed by atoms with van der Waals surface area (Å²) in [5.41, 5.74) is -0.235. The number of amides is 1. The van der Waals surface area contributed by atoms with Crippen LogP contribution in [-0.2, 0) is 26.5 Å². The number of hydrogen-bond acceptors (Lipinski definition) is 6. The quantitative estimate of drug-likeness (QED) is 0.767. The lowest BCUT2D eigenvalue weighted by Gasteiger charge is -2.10. The molecule has 1 aromatic heterocycles. The fourth-order valence-electron chi connectivity index (χ4n) is 2.10. The Kier molecular flexibility index (Phi) is 6.41. The zero-order valence-corrected chi connectivity index (χ0v) is 16.5. The molecule has 0 spiro atoms. The van der Waals surface area contributed by atoms with Gasteiger partial charge >= 0.3 is 0 Å². The maximum atomic E-state index is 12.3. The number of benzene rings is 1. The number of halogens is 1. The zero-order chi connectivity index (χ0) is 19.4. The highest BCUT2D eigenvalue weighted by Gasteiger charge is 2.22. The standard InChI is InChI=1S/C17H22ClN3O4S/c1-17(2,3)16-20-14(21-25-16)8-10-19-15(22)9-11-26(23,24)13-7-5-4-6-12(13)18/h4-7H,8-11H2,1-3H3,(H,19,22). The Balaban J connectivity index is 1.81. The fraction of sp³-hybridized carbons (Fsp3) is 0.471. The molecule has 7 nitrogen and oxygen atoms in total. The maximum Gasteiger partial charge on any atom is 0.232 e. The van der Waals surface area contributed by atoms with Crippen LogP contribution in [0, 0.1) is 0 Å². The molecule has 0 unspecified atom stereocenters. The second-order valence-corrected chi connectivity index (χ2v) is 9.35. The number of carbonyl (C=O) groups excluding carboxylic acids is 1. The molecule has 1 heterocycles. The van der Waals surface area contributed by atoms with E-state index in [1.807, 2.05) is 20.8 Å². The molecule has 0 saturated heterocycles. The zero-order valence-electron chi connectivity index (χ0n) is 15.0. The van der Waals surface area contributed by atoms with Crippen LogP contribution in [0.1, 0.15) is 38.9 Å². The van der Waals surface area contributed by atoms with Gasteiger partial charge in [0.1, 0.15) is 0 Å². The van der Waals surface area contributed by atoms with E-state index in [4.69, 9.17) is 16.1 Å². The maximum absolute atomic E-state index is 12.3. The molecule has 0 radical (unpaired) electrons. The van der Waals surface area contributed by atoms with Gasteiger partial charge in [0.25, 0.3) is 0 Å². The van der Waals surface area contributed by atoms with Gasteiger partial charge in [-0.3, -0.25) is 4.79 Å². The highest BCUT2D eigenvalue weighted by Crippen LogP contribution is 2.22.